The van der Waals surface area contributed by atoms with Crippen LogP contribution in [-0.4, -0.2) is 46.9 Å². The highest BCUT2D eigenvalue weighted by molar-refractivity contribution is 5.77. The van der Waals surface area contributed by atoms with Crippen molar-refractivity contribution in [2.24, 2.45) is 0 Å². The Kier molecular flexibility index (Phi) is 38.9. The van der Waals surface area contributed by atoms with Crippen molar-refractivity contribution in [3.05, 3.63) is 60.8 Å². The number of amides is 1. The summed E-state index contributed by atoms with van der Waals surface area (Å²) in [6.07, 6.45) is 48.7. The molecule has 0 rings (SSSR count). The molecule has 0 saturated carbocycles. The van der Waals surface area contributed by atoms with Crippen LogP contribution in [-0.2, 0) is 14.3 Å². The number of carbonyl (C=O) groups excluding carboxylic acids is 2. The summed E-state index contributed by atoms with van der Waals surface area (Å²) in [7, 11) is 0. The molecule has 0 aromatic carbocycles. The summed E-state index contributed by atoms with van der Waals surface area (Å²) in [4.78, 5) is 25.9. The Hall–Kier alpha value is -2.44. The van der Waals surface area contributed by atoms with Gasteiger partial charge in [-0.15, -0.1) is 0 Å². The van der Waals surface area contributed by atoms with Crippen molar-refractivity contribution < 1.29 is 24.5 Å². The molecule has 0 aliphatic heterocycles. The zero-order valence-electron chi connectivity index (χ0n) is 34.6. The molecule has 0 aromatic heterocycles. The smallest absolute Gasteiger partial charge is 0.306 e. The largest absolute Gasteiger partial charge is 0.462 e. The average Bonchev–Trinajstić information content (AvgIpc) is 3.15. The van der Waals surface area contributed by atoms with Crippen molar-refractivity contribution in [3.8, 4) is 0 Å². The molecule has 0 bridgehead atoms. The van der Waals surface area contributed by atoms with Gasteiger partial charge in [-0.25, -0.2) is 0 Å². The number of rotatable bonds is 38. The number of hydrogen-bond acceptors (Lipinski definition) is 5. The monoisotopic (exact) mass is 742 g/mol. The zero-order chi connectivity index (χ0) is 38.9. The third kappa shape index (κ3) is 36.3. The van der Waals surface area contributed by atoms with Gasteiger partial charge < -0.3 is 20.3 Å². The van der Waals surface area contributed by atoms with E-state index in [1.807, 2.05) is 6.08 Å². The minimum Gasteiger partial charge on any atom is -0.462 e. The van der Waals surface area contributed by atoms with Gasteiger partial charge in [0.2, 0.25) is 5.91 Å². The molecule has 3 unspecified atom stereocenters. The lowest BCUT2D eigenvalue weighted by atomic mass is 10.0. The van der Waals surface area contributed by atoms with Crippen LogP contribution in [0.3, 0.4) is 0 Å². The first kappa shape index (κ1) is 50.6. The van der Waals surface area contributed by atoms with Crippen LogP contribution in [0.5, 0.6) is 0 Å². The Bertz CT molecular complexity index is 968. The van der Waals surface area contributed by atoms with Crippen LogP contribution in [0.4, 0.5) is 0 Å². The Morgan fingerprint density at radius 3 is 1.57 bits per heavy atom. The average molecular weight is 742 g/mol. The van der Waals surface area contributed by atoms with Gasteiger partial charge in [0.1, 0.15) is 6.10 Å². The third-order valence-electron chi connectivity index (χ3n) is 9.59. The molecule has 306 valence electrons. The maximum Gasteiger partial charge on any atom is 0.306 e. The van der Waals surface area contributed by atoms with Gasteiger partial charge in [-0.3, -0.25) is 9.59 Å². The zero-order valence-corrected chi connectivity index (χ0v) is 34.6. The summed E-state index contributed by atoms with van der Waals surface area (Å²) in [5.74, 6) is -0.600. The lowest BCUT2D eigenvalue weighted by Crippen LogP contribution is -2.46. The van der Waals surface area contributed by atoms with Gasteiger partial charge in [-0.1, -0.05) is 171 Å². The molecule has 6 nitrogen and oxygen atoms in total. The van der Waals surface area contributed by atoms with Gasteiger partial charge in [0, 0.05) is 6.42 Å². The maximum atomic E-state index is 13.1. The lowest BCUT2D eigenvalue weighted by molar-refractivity contribution is -0.150. The molecular weight excluding hydrogens is 659 g/mol. The van der Waals surface area contributed by atoms with Crippen molar-refractivity contribution in [1.82, 2.24) is 5.32 Å². The molecule has 3 N–H and O–H groups in total. The van der Waals surface area contributed by atoms with E-state index < -0.39 is 18.2 Å². The van der Waals surface area contributed by atoms with E-state index in [2.05, 4.69) is 80.8 Å². The number of hydrogen-bond donors (Lipinski definition) is 3. The predicted molar refractivity (Wildman–Crippen MR) is 227 cm³/mol. The fraction of sp³-hybridized carbons (Fsp3) is 0.745. The van der Waals surface area contributed by atoms with Gasteiger partial charge >= 0.3 is 5.97 Å². The van der Waals surface area contributed by atoms with Crippen LogP contribution in [0, 0.1) is 0 Å². The number of esters is 1. The van der Waals surface area contributed by atoms with Crippen LogP contribution in [0.1, 0.15) is 201 Å². The quantitative estimate of drug-likeness (QED) is 0.0333. The molecule has 0 aliphatic rings. The second kappa shape index (κ2) is 40.7. The molecule has 0 spiro atoms. The van der Waals surface area contributed by atoms with Crippen LogP contribution in [0.15, 0.2) is 60.8 Å². The van der Waals surface area contributed by atoms with Gasteiger partial charge in [0.15, 0.2) is 0 Å². The molecule has 0 saturated heterocycles. The van der Waals surface area contributed by atoms with Crippen molar-refractivity contribution >= 4 is 11.9 Å². The van der Waals surface area contributed by atoms with Crippen LogP contribution < -0.4 is 5.32 Å². The van der Waals surface area contributed by atoms with Crippen molar-refractivity contribution in [3.63, 3.8) is 0 Å². The Morgan fingerprint density at radius 2 is 1.02 bits per heavy atom. The summed E-state index contributed by atoms with van der Waals surface area (Å²) >= 11 is 0. The molecule has 53 heavy (non-hydrogen) atoms. The summed E-state index contributed by atoms with van der Waals surface area (Å²) in [6.45, 7) is 6.29. The van der Waals surface area contributed by atoms with E-state index >= 15 is 0 Å². The van der Waals surface area contributed by atoms with Gasteiger partial charge in [-0.2, -0.15) is 0 Å². The van der Waals surface area contributed by atoms with Gasteiger partial charge in [0.25, 0.3) is 0 Å². The SMILES string of the molecule is CC/C=C/C/C=C/C/C=C/CCCCC(CC(=O)NC(CO)C(O)CCCCCCCCCCC)OC(=O)CC/C=C/C/C=C\CCCCCCCC. The molecule has 0 aliphatic carbocycles. The molecule has 3 atom stereocenters. The lowest BCUT2D eigenvalue weighted by Gasteiger charge is -2.24. The summed E-state index contributed by atoms with van der Waals surface area (Å²) in [6, 6.07) is -0.722. The highest BCUT2D eigenvalue weighted by atomic mass is 16.5. The predicted octanol–water partition coefficient (Wildman–Crippen LogP) is 12.5. The van der Waals surface area contributed by atoms with Crippen molar-refractivity contribution in [1.29, 1.82) is 0 Å². The molecular formula is C47H83NO5. The summed E-state index contributed by atoms with van der Waals surface area (Å²) < 4.78 is 5.83. The minimum atomic E-state index is -0.805. The maximum absolute atomic E-state index is 13.1. The summed E-state index contributed by atoms with van der Waals surface area (Å²) in [5, 5.41) is 23.5. The first-order chi connectivity index (χ1) is 26.0. The second-order valence-corrected chi connectivity index (χ2v) is 14.7. The van der Waals surface area contributed by atoms with Gasteiger partial charge in [-0.05, 0) is 77.0 Å². The van der Waals surface area contributed by atoms with E-state index in [1.165, 1.54) is 77.0 Å². The molecule has 0 heterocycles. The van der Waals surface area contributed by atoms with Crippen LogP contribution in [0.25, 0.3) is 0 Å². The molecule has 6 heteroatoms. The van der Waals surface area contributed by atoms with Crippen LogP contribution >= 0.6 is 0 Å². The van der Waals surface area contributed by atoms with Crippen LogP contribution in [0.2, 0.25) is 0 Å². The molecule has 0 radical (unpaired) electrons. The minimum absolute atomic E-state index is 0.0271. The highest BCUT2D eigenvalue weighted by Gasteiger charge is 2.23. The first-order valence-corrected chi connectivity index (χ1v) is 22.0. The number of nitrogens with one attached hydrogen (secondary N) is 1. The number of unbranched alkanes of at least 4 members (excludes halogenated alkanes) is 16. The van der Waals surface area contributed by atoms with E-state index in [0.29, 0.717) is 19.3 Å². The topological polar surface area (TPSA) is 95.9 Å². The standard InChI is InChI=1S/C47H83NO5/c1-4-7-10-13-16-19-21-23-25-28-31-34-37-40-47(52)53-43(38-35-32-29-27-24-22-20-17-14-11-8-5-2)41-46(51)48-44(42-49)45(50)39-36-33-30-26-18-15-12-9-6-3/h8,11,17,20,23-25,27,31,34,43-45,49-50H,4-7,9-10,12-16,18-19,21-22,26,28-30,32-33,35-42H2,1-3H3,(H,48,51)/b11-8+,20-17+,25-23-,27-24+,34-31+. The van der Waals surface area contributed by atoms with E-state index in [4.69, 9.17) is 4.74 Å². The van der Waals surface area contributed by atoms with E-state index in [0.717, 1.165) is 70.6 Å². The fourth-order valence-corrected chi connectivity index (χ4v) is 6.26. The van der Waals surface area contributed by atoms with E-state index in [9.17, 15) is 19.8 Å². The number of ether oxygens (including phenoxy) is 1. The number of allylic oxidation sites excluding steroid dienone is 10. The second-order valence-electron chi connectivity index (χ2n) is 14.7. The van der Waals surface area contributed by atoms with Crippen molar-refractivity contribution in [2.75, 3.05) is 6.61 Å². The Morgan fingerprint density at radius 1 is 0.566 bits per heavy atom. The Labute approximate surface area is 327 Å². The number of aliphatic hydroxyl groups is 2. The van der Waals surface area contributed by atoms with E-state index in [-0.39, 0.29) is 31.3 Å². The normalized spacial score (nSPS) is 14.0. The highest BCUT2D eigenvalue weighted by Crippen LogP contribution is 2.16. The van der Waals surface area contributed by atoms with Crippen molar-refractivity contribution in [2.45, 2.75) is 219 Å². The summed E-state index contributed by atoms with van der Waals surface area (Å²) in [5.41, 5.74) is 0. The van der Waals surface area contributed by atoms with Gasteiger partial charge in [0.05, 0.1) is 25.2 Å². The molecule has 1 amide bonds. The molecule has 0 aromatic rings. The number of carbonyl (C=O) groups is 2. The number of aliphatic hydroxyl groups excluding tert-OH is 2. The van der Waals surface area contributed by atoms with E-state index in [1.54, 1.807) is 0 Å². The molecule has 0 fully saturated rings. The first-order valence-electron chi connectivity index (χ1n) is 22.0. The third-order valence-corrected chi connectivity index (χ3v) is 9.59. The fourth-order valence-electron chi connectivity index (χ4n) is 6.26. The Balaban J connectivity index is 4.76.